The normalized spacial score (nSPS) is 9.94. The van der Waals surface area contributed by atoms with Crippen LogP contribution < -0.4 is 10.9 Å². The van der Waals surface area contributed by atoms with Crippen LogP contribution in [-0.4, -0.2) is 30.4 Å². The number of pyridine rings is 1. The lowest BCUT2D eigenvalue weighted by atomic mass is 10.1. The number of halogens is 1. The second-order valence-corrected chi connectivity index (χ2v) is 4.24. The third-order valence-electron chi connectivity index (χ3n) is 2.16. The van der Waals surface area contributed by atoms with Gasteiger partial charge >= 0.3 is 5.97 Å². The van der Waals surface area contributed by atoms with E-state index in [2.05, 4.69) is 26.2 Å². The maximum absolute atomic E-state index is 11.9. The predicted octanol–water partition coefficient (Wildman–Crippen LogP) is 1.31. The molecule has 0 saturated carbocycles. The number of hydrogen-bond donors (Lipinski definition) is 2. The van der Waals surface area contributed by atoms with Gasteiger partial charge in [0.2, 0.25) is 0 Å². The first-order valence-electron chi connectivity index (χ1n) is 5.29. The van der Waals surface area contributed by atoms with Crippen LogP contribution in [0.5, 0.6) is 0 Å². The smallest absolute Gasteiger partial charge is 0.313 e. The maximum atomic E-state index is 11.9. The summed E-state index contributed by atoms with van der Waals surface area (Å²) in [6.07, 6.45) is -0.360. The van der Waals surface area contributed by atoms with Crippen molar-refractivity contribution in [3.63, 3.8) is 0 Å². The molecular formula is C11H13BrN2O4. The van der Waals surface area contributed by atoms with E-state index in [1.54, 1.807) is 14.0 Å². The summed E-state index contributed by atoms with van der Waals surface area (Å²) < 4.78 is 4.93. The number of aromatic amines is 1. The number of H-pyrrole nitrogens is 1. The molecule has 1 aromatic rings. The lowest BCUT2D eigenvalue weighted by molar-refractivity contribution is -0.141. The lowest BCUT2D eigenvalue weighted by Crippen LogP contribution is -2.17. The van der Waals surface area contributed by atoms with Gasteiger partial charge in [-0.25, -0.2) is 0 Å². The Labute approximate surface area is 112 Å². The van der Waals surface area contributed by atoms with E-state index in [0.29, 0.717) is 0 Å². The van der Waals surface area contributed by atoms with Gasteiger partial charge in [-0.3, -0.25) is 14.4 Å². The summed E-state index contributed by atoms with van der Waals surface area (Å²) in [5, 5.41) is 2.70. The Bertz CT molecular complexity index is 524. The van der Waals surface area contributed by atoms with Gasteiger partial charge in [-0.15, -0.1) is 0 Å². The predicted molar refractivity (Wildman–Crippen MR) is 69.9 cm³/mol. The molecule has 0 amide bonds. The minimum absolute atomic E-state index is 0.223. The van der Waals surface area contributed by atoms with Crippen molar-refractivity contribution in [2.45, 2.75) is 13.3 Å². The number of ketones is 1. The molecule has 0 aliphatic heterocycles. The fourth-order valence-electron chi connectivity index (χ4n) is 1.36. The fourth-order valence-corrected chi connectivity index (χ4v) is 1.69. The first-order valence-corrected chi connectivity index (χ1v) is 6.08. The molecule has 1 rings (SSSR count). The van der Waals surface area contributed by atoms with E-state index in [1.807, 2.05) is 0 Å². The highest BCUT2D eigenvalue weighted by atomic mass is 79.9. The van der Waals surface area contributed by atoms with Gasteiger partial charge in [-0.05, 0) is 28.9 Å². The van der Waals surface area contributed by atoms with E-state index in [9.17, 15) is 14.4 Å². The molecule has 18 heavy (non-hydrogen) atoms. The summed E-state index contributed by atoms with van der Waals surface area (Å²) in [4.78, 5) is 37.0. The molecule has 0 radical (unpaired) electrons. The van der Waals surface area contributed by atoms with Gasteiger partial charge in [0, 0.05) is 7.05 Å². The Morgan fingerprint density at radius 3 is 2.72 bits per heavy atom. The van der Waals surface area contributed by atoms with Crippen LogP contribution in [0.15, 0.2) is 15.3 Å². The topological polar surface area (TPSA) is 88.3 Å². The number of esters is 1. The van der Waals surface area contributed by atoms with Gasteiger partial charge in [-0.2, -0.15) is 0 Å². The van der Waals surface area contributed by atoms with Gasteiger partial charge in [0.25, 0.3) is 5.56 Å². The highest BCUT2D eigenvalue weighted by Gasteiger charge is 2.17. The van der Waals surface area contributed by atoms with Crippen molar-refractivity contribution >= 4 is 33.5 Å². The number of carbonyl (C=O) groups excluding carboxylic acids is 2. The second kappa shape index (κ2) is 6.34. The molecule has 98 valence electrons. The Morgan fingerprint density at radius 1 is 1.50 bits per heavy atom. The lowest BCUT2D eigenvalue weighted by Gasteiger charge is -2.08. The molecule has 7 heteroatoms. The van der Waals surface area contributed by atoms with Crippen LogP contribution in [-0.2, 0) is 9.53 Å². The van der Waals surface area contributed by atoms with E-state index in [4.69, 9.17) is 4.74 Å². The number of nitrogens with one attached hydrogen (secondary N) is 2. The molecule has 0 aliphatic rings. The average Bonchev–Trinajstić information content (AvgIpc) is 2.32. The number of anilines is 1. The van der Waals surface area contributed by atoms with Gasteiger partial charge in [0.1, 0.15) is 12.2 Å². The third-order valence-corrected chi connectivity index (χ3v) is 2.75. The average molecular weight is 317 g/mol. The van der Waals surface area contributed by atoms with Crippen LogP contribution in [0.4, 0.5) is 5.82 Å². The van der Waals surface area contributed by atoms with Crippen LogP contribution in [0.2, 0.25) is 0 Å². The molecule has 0 aromatic carbocycles. The Morgan fingerprint density at radius 2 is 2.17 bits per heavy atom. The Balaban J connectivity index is 3.01. The molecule has 0 fully saturated rings. The quantitative estimate of drug-likeness (QED) is 0.486. The SMILES string of the molecule is CCOC(=O)CC(=O)c1cc(Br)c(=O)[nH]c1NC. The molecule has 1 heterocycles. The molecule has 1 aromatic heterocycles. The molecule has 0 unspecified atom stereocenters. The summed E-state index contributed by atoms with van der Waals surface area (Å²) in [5.41, 5.74) is -0.121. The van der Waals surface area contributed by atoms with Crippen LogP contribution in [0, 0.1) is 0 Å². The molecule has 6 nitrogen and oxygen atoms in total. The van der Waals surface area contributed by atoms with Crippen molar-refractivity contribution in [2.75, 3.05) is 19.0 Å². The third kappa shape index (κ3) is 3.43. The van der Waals surface area contributed by atoms with Gasteiger partial charge in [0.15, 0.2) is 5.78 Å². The minimum Gasteiger partial charge on any atom is -0.466 e. The summed E-state index contributed by atoms with van der Waals surface area (Å²) in [7, 11) is 1.57. The maximum Gasteiger partial charge on any atom is 0.313 e. The summed E-state index contributed by atoms with van der Waals surface area (Å²) >= 11 is 3.03. The second-order valence-electron chi connectivity index (χ2n) is 3.39. The molecule has 0 atom stereocenters. The van der Waals surface area contributed by atoms with E-state index in [1.165, 1.54) is 6.07 Å². The van der Waals surface area contributed by atoms with Crippen molar-refractivity contribution in [3.05, 3.63) is 26.5 Å². The highest BCUT2D eigenvalue weighted by Crippen LogP contribution is 2.16. The zero-order valence-corrected chi connectivity index (χ0v) is 11.6. The summed E-state index contributed by atoms with van der Waals surface area (Å²) in [5.74, 6) is -0.737. The fraction of sp³-hybridized carbons (Fsp3) is 0.364. The van der Waals surface area contributed by atoms with Crippen molar-refractivity contribution in [2.24, 2.45) is 0 Å². The van der Waals surface area contributed by atoms with Crippen molar-refractivity contribution in [1.82, 2.24) is 4.98 Å². The molecule has 2 N–H and O–H groups in total. The molecule has 0 saturated heterocycles. The van der Waals surface area contributed by atoms with Gasteiger partial charge in [0.05, 0.1) is 16.6 Å². The minimum atomic E-state index is -0.591. The highest BCUT2D eigenvalue weighted by molar-refractivity contribution is 9.10. The van der Waals surface area contributed by atoms with Crippen LogP contribution >= 0.6 is 15.9 Å². The van der Waals surface area contributed by atoms with E-state index < -0.39 is 11.8 Å². The number of hydrogen-bond acceptors (Lipinski definition) is 5. The first kappa shape index (κ1) is 14.4. The number of carbonyl (C=O) groups is 2. The standard InChI is InChI=1S/C11H13BrN2O4/c1-3-18-9(16)5-8(15)6-4-7(12)11(17)14-10(6)13-2/h4H,3,5H2,1-2H3,(H2,13,14,17). The number of ether oxygens (including phenoxy) is 1. The first-order chi connectivity index (χ1) is 8.49. The zero-order valence-electron chi connectivity index (χ0n) is 10.0. The summed E-state index contributed by atoms with van der Waals surface area (Å²) in [6.45, 7) is 1.89. The molecule has 0 bridgehead atoms. The van der Waals surface area contributed by atoms with E-state index in [-0.39, 0.29) is 34.4 Å². The van der Waals surface area contributed by atoms with Crippen LogP contribution in [0.1, 0.15) is 23.7 Å². The van der Waals surface area contributed by atoms with E-state index in [0.717, 1.165) is 0 Å². The van der Waals surface area contributed by atoms with Crippen molar-refractivity contribution in [3.8, 4) is 0 Å². The zero-order chi connectivity index (χ0) is 13.7. The largest absolute Gasteiger partial charge is 0.466 e. The van der Waals surface area contributed by atoms with Gasteiger partial charge < -0.3 is 15.0 Å². The van der Waals surface area contributed by atoms with Crippen LogP contribution in [0.3, 0.4) is 0 Å². The molecule has 0 aliphatic carbocycles. The van der Waals surface area contributed by atoms with Gasteiger partial charge in [-0.1, -0.05) is 0 Å². The summed E-state index contributed by atoms with van der Waals surface area (Å²) in [6, 6.07) is 1.38. The number of aromatic nitrogens is 1. The number of rotatable bonds is 5. The van der Waals surface area contributed by atoms with Crippen molar-refractivity contribution < 1.29 is 14.3 Å². The monoisotopic (exact) mass is 316 g/mol. The van der Waals surface area contributed by atoms with Crippen LogP contribution in [0.25, 0.3) is 0 Å². The van der Waals surface area contributed by atoms with E-state index >= 15 is 0 Å². The Hall–Kier alpha value is -1.63. The molecule has 0 spiro atoms. The Kier molecular flexibility index (Phi) is 5.08. The van der Waals surface area contributed by atoms with Crippen molar-refractivity contribution in [1.29, 1.82) is 0 Å². The number of Topliss-reactive ketones (excluding diaryl/α,β-unsaturated/α-hetero) is 1. The molecular weight excluding hydrogens is 304 g/mol.